The zero-order chi connectivity index (χ0) is 14.9. The third-order valence-electron chi connectivity index (χ3n) is 3.59. The highest BCUT2D eigenvalue weighted by Crippen LogP contribution is 2.15. The van der Waals surface area contributed by atoms with E-state index in [-0.39, 0.29) is 12.0 Å². The number of nitrogens with zero attached hydrogens (tertiary/aromatic N) is 2. The van der Waals surface area contributed by atoms with Crippen LogP contribution >= 0.6 is 0 Å². The van der Waals surface area contributed by atoms with Crippen LogP contribution < -0.4 is 0 Å². The van der Waals surface area contributed by atoms with Gasteiger partial charge in [0.15, 0.2) is 0 Å². The first-order chi connectivity index (χ1) is 10.3. The minimum atomic E-state index is 0.121. The summed E-state index contributed by atoms with van der Waals surface area (Å²) in [5.41, 5.74) is 1.09. The van der Waals surface area contributed by atoms with Crippen molar-refractivity contribution in [3.05, 3.63) is 30.1 Å². The van der Waals surface area contributed by atoms with Crippen LogP contribution in [0.4, 0.5) is 0 Å². The Bertz CT molecular complexity index is 419. The van der Waals surface area contributed by atoms with Crippen molar-refractivity contribution in [1.29, 1.82) is 0 Å². The molecule has 0 N–H and O–H groups in total. The molecule has 21 heavy (non-hydrogen) atoms. The van der Waals surface area contributed by atoms with Gasteiger partial charge in [0.1, 0.15) is 0 Å². The molecule has 5 heteroatoms. The van der Waals surface area contributed by atoms with Gasteiger partial charge in [0.2, 0.25) is 5.91 Å². The molecule has 0 radical (unpaired) electrons. The molecule has 1 fully saturated rings. The predicted octanol–water partition coefficient (Wildman–Crippen LogP) is 2.02. The fraction of sp³-hybridized carbons (Fsp3) is 0.625. The summed E-state index contributed by atoms with van der Waals surface area (Å²) in [6, 6.07) is 3.89. The molecule has 0 saturated carbocycles. The van der Waals surface area contributed by atoms with E-state index in [1.165, 1.54) is 0 Å². The van der Waals surface area contributed by atoms with E-state index in [0.29, 0.717) is 32.7 Å². The molecule has 116 valence electrons. The first-order valence-electron chi connectivity index (χ1n) is 7.65. The first kappa shape index (κ1) is 15.9. The molecular formula is C16H24N2O3. The van der Waals surface area contributed by atoms with Gasteiger partial charge in [-0.2, -0.15) is 0 Å². The van der Waals surface area contributed by atoms with Crippen LogP contribution in [0.25, 0.3) is 0 Å². The largest absolute Gasteiger partial charge is 0.381 e. The van der Waals surface area contributed by atoms with Crippen LogP contribution in [0, 0.1) is 0 Å². The Morgan fingerprint density at radius 2 is 2.29 bits per heavy atom. The normalized spacial score (nSPS) is 17.9. The smallest absolute Gasteiger partial charge is 0.225 e. The highest BCUT2D eigenvalue weighted by atomic mass is 16.5. The SMILES string of the molecule is CCOCCC(=O)N(Cc1ccncc1)C[C@@H]1CCCO1. The molecule has 1 aromatic heterocycles. The van der Waals surface area contributed by atoms with E-state index in [9.17, 15) is 4.79 Å². The standard InChI is InChI=1S/C16H24N2O3/c1-2-20-11-7-16(19)18(13-15-4-3-10-21-15)12-14-5-8-17-9-6-14/h5-6,8-9,15H,2-4,7,10-13H2,1H3/t15-/m0/s1. The Labute approximate surface area is 126 Å². The van der Waals surface area contributed by atoms with Crippen molar-refractivity contribution < 1.29 is 14.3 Å². The lowest BCUT2D eigenvalue weighted by Crippen LogP contribution is -2.37. The van der Waals surface area contributed by atoms with Gasteiger partial charge in [0.25, 0.3) is 0 Å². The monoisotopic (exact) mass is 292 g/mol. The fourth-order valence-electron chi connectivity index (χ4n) is 2.46. The van der Waals surface area contributed by atoms with Crippen LogP contribution in [0.3, 0.4) is 0 Å². The molecule has 2 rings (SSSR count). The van der Waals surface area contributed by atoms with Crippen molar-refractivity contribution in [3.63, 3.8) is 0 Å². The zero-order valence-electron chi connectivity index (χ0n) is 12.7. The topological polar surface area (TPSA) is 51.7 Å². The lowest BCUT2D eigenvalue weighted by Gasteiger charge is -2.25. The Morgan fingerprint density at radius 1 is 1.48 bits per heavy atom. The molecule has 5 nitrogen and oxygen atoms in total. The predicted molar refractivity (Wildman–Crippen MR) is 79.7 cm³/mol. The maximum atomic E-state index is 12.4. The summed E-state index contributed by atoms with van der Waals surface area (Å²) < 4.78 is 10.9. The van der Waals surface area contributed by atoms with Gasteiger partial charge in [-0.15, -0.1) is 0 Å². The Hall–Kier alpha value is -1.46. The third-order valence-corrected chi connectivity index (χ3v) is 3.59. The molecule has 0 aliphatic carbocycles. The molecule has 1 amide bonds. The van der Waals surface area contributed by atoms with Crippen LogP contribution in [0.2, 0.25) is 0 Å². The summed E-state index contributed by atoms with van der Waals surface area (Å²) in [4.78, 5) is 18.3. The summed E-state index contributed by atoms with van der Waals surface area (Å²) in [5.74, 6) is 0.121. The number of rotatable bonds is 8. The van der Waals surface area contributed by atoms with Crippen LogP contribution in [0.15, 0.2) is 24.5 Å². The van der Waals surface area contributed by atoms with Gasteiger partial charge in [0.05, 0.1) is 19.1 Å². The third kappa shape index (κ3) is 5.44. The van der Waals surface area contributed by atoms with Crippen LogP contribution in [0.5, 0.6) is 0 Å². The van der Waals surface area contributed by atoms with Crippen molar-refractivity contribution in [2.75, 3.05) is 26.4 Å². The molecule has 0 unspecified atom stereocenters. The van der Waals surface area contributed by atoms with Crippen molar-refractivity contribution >= 4 is 5.91 Å². The number of carbonyl (C=O) groups is 1. The van der Waals surface area contributed by atoms with E-state index in [1.807, 2.05) is 24.0 Å². The first-order valence-corrected chi connectivity index (χ1v) is 7.65. The van der Waals surface area contributed by atoms with Crippen LogP contribution in [0.1, 0.15) is 31.7 Å². The highest BCUT2D eigenvalue weighted by Gasteiger charge is 2.22. The number of amides is 1. The van der Waals surface area contributed by atoms with Crippen LogP contribution in [-0.2, 0) is 20.8 Å². The molecule has 1 aliphatic heterocycles. The summed E-state index contributed by atoms with van der Waals surface area (Å²) in [6.07, 6.45) is 6.22. The quantitative estimate of drug-likeness (QED) is 0.688. The summed E-state index contributed by atoms with van der Waals surface area (Å²) in [7, 11) is 0. The lowest BCUT2D eigenvalue weighted by molar-refractivity contribution is -0.134. The van der Waals surface area contributed by atoms with Gasteiger partial charge in [-0.25, -0.2) is 0 Å². The average Bonchev–Trinajstić information content (AvgIpc) is 3.01. The molecule has 1 atom stereocenters. The van der Waals surface area contributed by atoms with Gasteiger partial charge in [0, 0.05) is 38.7 Å². The van der Waals surface area contributed by atoms with E-state index in [4.69, 9.17) is 9.47 Å². The number of aromatic nitrogens is 1. The molecule has 2 heterocycles. The van der Waals surface area contributed by atoms with E-state index < -0.39 is 0 Å². The molecule has 0 aromatic carbocycles. The van der Waals surface area contributed by atoms with Gasteiger partial charge >= 0.3 is 0 Å². The number of hydrogen-bond acceptors (Lipinski definition) is 4. The highest BCUT2D eigenvalue weighted by molar-refractivity contribution is 5.76. The van der Waals surface area contributed by atoms with E-state index in [2.05, 4.69) is 4.98 Å². The van der Waals surface area contributed by atoms with E-state index in [1.54, 1.807) is 12.4 Å². The number of hydrogen-bond donors (Lipinski definition) is 0. The van der Waals surface area contributed by atoms with Crippen molar-refractivity contribution in [3.8, 4) is 0 Å². The van der Waals surface area contributed by atoms with Gasteiger partial charge < -0.3 is 14.4 Å². The maximum absolute atomic E-state index is 12.4. The van der Waals surface area contributed by atoms with Crippen molar-refractivity contribution in [1.82, 2.24) is 9.88 Å². The van der Waals surface area contributed by atoms with E-state index in [0.717, 1.165) is 25.0 Å². The second kappa shape index (κ2) is 8.74. The zero-order valence-corrected chi connectivity index (χ0v) is 12.7. The van der Waals surface area contributed by atoms with Crippen LogP contribution in [-0.4, -0.2) is 48.3 Å². The average molecular weight is 292 g/mol. The number of carbonyl (C=O) groups excluding carboxylic acids is 1. The molecule has 1 aliphatic rings. The maximum Gasteiger partial charge on any atom is 0.225 e. The Morgan fingerprint density at radius 3 is 2.95 bits per heavy atom. The molecule has 0 bridgehead atoms. The van der Waals surface area contributed by atoms with E-state index >= 15 is 0 Å². The molecular weight excluding hydrogens is 268 g/mol. The summed E-state index contributed by atoms with van der Waals surface area (Å²) in [6.45, 7) is 5.13. The fourth-order valence-corrected chi connectivity index (χ4v) is 2.46. The number of pyridine rings is 1. The van der Waals surface area contributed by atoms with Crippen molar-refractivity contribution in [2.24, 2.45) is 0 Å². The number of ether oxygens (including phenoxy) is 2. The minimum absolute atomic E-state index is 0.121. The summed E-state index contributed by atoms with van der Waals surface area (Å²) in [5, 5.41) is 0. The summed E-state index contributed by atoms with van der Waals surface area (Å²) >= 11 is 0. The Balaban J connectivity index is 1.93. The van der Waals surface area contributed by atoms with Gasteiger partial charge in [-0.1, -0.05) is 0 Å². The molecule has 1 saturated heterocycles. The van der Waals surface area contributed by atoms with Crippen molar-refractivity contribution in [2.45, 2.75) is 38.8 Å². The van der Waals surface area contributed by atoms with Gasteiger partial charge in [-0.05, 0) is 37.5 Å². The minimum Gasteiger partial charge on any atom is -0.381 e. The Kier molecular flexibility index (Phi) is 6.63. The second-order valence-electron chi connectivity index (χ2n) is 5.21. The molecule has 0 spiro atoms. The lowest BCUT2D eigenvalue weighted by atomic mass is 10.2. The molecule has 1 aromatic rings. The second-order valence-corrected chi connectivity index (χ2v) is 5.21. The van der Waals surface area contributed by atoms with Gasteiger partial charge in [-0.3, -0.25) is 9.78 Å².